The molecule has 0 fully saturated rings. The third kappa shape index (κ3) is 11.7. The van der Waals surface area contributed by atoms with E-state index in [1.54, 1.807) is 0 Å². The zero-order valence-corrected chi connectivity index (χ0v) is 17.5. The van der Waals surface area contributed by atoms with Crippen molar-refractivity contribution < 1.29 is 24.0 Å². The summed E-state index contributed by atoms with van der Waals surface area (Å²) in [4.78, 5) is 0. The molecule has 2 rings (SSSR count). The summed E-state index contributed by atoms with van der Waals surface area (Å²) in [5, 5.41) is 29.0. The Labute approximate surface area is 170 Å². The molecule has 2 aromatic heterocycles. The third-order valence-electron chi connectivity index (χ3n) is 2.73. The van der Waals surface area contributed by atoms with Gasteiger partial charge in [0, 0.05) is 11.4 Å². The molecule has 2 aromatic rings. The molecular formula is C14H19N7OS2V. The van der Waals surface area contributed by atoms with Crippen LogP contribution in [-0.4, -0.2) is 29.9 Å². The van der Waals surface area contributed by atoms with Crippen molar-refractivity contribution in [2.75, 3.05) is 0 Å². The van der Waals surface area contributed by atoms with E-state index in [2.05, 4.69) is 65.9 Å². The first-order valence-electron chi connectivity index (χ1n) is 6.64. The van der Waals surface area contributed by atoms with E-state index in [1.165, 1.54) is 21.7 Å². The Hall–Kier alpha value is -1.48. The van der Waals surface area contributed by atoms with Crippen LogP contribution in [0.1, 0.15) is 22.8 Å². The summed E-state index contributed by atoms with van der Waals surface area (Å²) in [6.45, 7) is 9.54. The van der Waals surface area contributed by atoms with Crippen LogP contribution in [0.3, 0.4) is 0 Å². The number of thiocarbonyl (C=S) groups is 2. The summed E-state index contributed by atoms with van der Waals surface area (Å²) >= 11 is 7.40. The predicted octanol–water partition coefficient (Wildman–Crippen LogP) is 2.71. The molecule has 25 heavy (non-hydrogen) atoms. The maximum atomic E-state index is 7.13. The number of nitrogens with one attached hydrogen (secondary N) is 1. The smallest absolute Gasteiger partial charge is 2.00 e. The van der Waals surface area contributed by atoms with Gasteiger partial charge in [-0.15, -0.1) is 0 Å². The number of hydrogen-bond acceptors (Lipinski definition) is 5. The molecule has 8 nitrogen and oxygen atoms in total. The molecule has 0 spiro atoms. The molecule has 1 N–H and O–H groups in total. The van der Waals surface area contributed by atoms with Gasteiger partial charge < -0.3 is 16.3 Å². The van der Waals surface area contributed by atoms with Gasteiger partial charge in [-0.3, -0.25) is 14.7 Å². The Balaban J connectivity index is -0.000000535. The summed E-state index contributed by atoms with van der Waals surface area (Å²) in [6, 6.07) is 4.15. The van der Waals surface area contributed by atoms with Crippen LogP contribution in [-0.2, 0) is 37.4 Å². The predicted molar refractivity (Wildman–Crippen MR) is 99.1 cm³/mol. The largest absolute Gasteiger partial charge is 4.00 e. The van der Waals surface area contributed by atoms with E-state index in [4.69, 9.17) is 10.8 Å². The molecule has 0 saturated heterocycles. The van der Waals surface area contributed by atoms with Gasteiger partial charge in [-0.2, -0.15) is 20.5 Å². The van der Waals surface area contributed by atoms with Gasteiger partial charge in [0.15, 0.2) is 0 Å². The van der Waals surface area contributed by atoms with Crippen molar-refractivity contribution >= 4 is 34.8 Å². The monoisotopic (exact) mass is 416 g/mol. The molecule has 1 radical (unpaired) electrons. The van der Waals surface area contributed by atoms with E-state index in [0.717, 1.165) is 11.4 Å². The Kier molecular flexibility index (Phi) is 18.2. The van der Waals surface area contributed by atoms with Crippen molar-refractivity contribution in [1.82, 2.24) is 24.9 Å². The van der Waals surface area contributed by atoms with E-state index < -0.39 is 0 Å². The topological polar surface area (TPSA) is 121 Å². The van der Waals surface area contributed by atoms with Gasteiger partial charge in [-0.25, -0.2) is 0 Å². The van der Waals surface area contributed by atoms with E-state index >= 15 is 0 Å². The minimum atomic E-state index is 0. The van der Waals surface area contributed by atoms with E-state index in [0.29, 0.717) is 13.3 Å². The first-order valence-corrected chi connectivity index (χ1v) is 7.46. The number of hydrogen-bond donors (Lipinski definition) is 1. The fraction of sp³-hybridized carbons (Fsp3) is 0.429. The number of rotatable bonds is 4. The van der Waals surface area contributed by atoms with Gasteiger partial charge in [0.05, 0.1) is 24.7 Å². The molecule has 0 unspecified atom stereocenters. The standard InChI is InChI=1S/C12H19N5.2CNS.O.V/c1-9-5-11(3)16(14-9)7-13-8-17-12(4)6-10(2)15-17;2*2-1-3;;/h5-6,13H,7-8H2,1-4H3;;;;/q;2*-1;-2;+4. The molecule has 0 aliphatic rings. The van der Waals surface area contributed by atoms with Gasteiger partial charge in [-0.05, 0) is 39.8 Å². The van der Waals surface area contributed by atoms with Crippen LogP contribution < -0.4 is 5.32 Å². The quantitative estimate of drug-likeness (QED) is 0.607. The fourth-order valence-corrected chi connectivity index (χ4v) is 1.93. The fourth-order valence-electron chi connectivity index (χ4n) is 1.93. The molecular weight excluding hydrogens is 397 g/mol. The van der Waals surface area contributed by atoms with Crippen LogP contribution in [0.25, 0.3) is 10.8 Å². The molecule has 2 heterocycles. The van der Waals surface area contributed by atoms with Crippen molar-refractivity contribution in [3.63, 3.8) is 0 Å². The molecule has 0 aliphatic carbocycles. The minimum absolute atomic E-state index is 0. The SMILES string of the molecule is Cc1cc(C)n(CNCn2nc(C)cc2C)n1.[N-]=C=S.[N-]=C=S.[O-2].[V+4]. The first-order chi connectivity index (χ1) is 10.9. The molecule has 0 saturated carbocycles. The van der Waals surface area contributed by atoms with Crippen LogP contribution in [0.2, 0.25) is 0 Å². The molecule has 133 valence electrons. The van der Waals surface area contributed by atoms with Crippen molar-refractivity contribution in [2.24, 2.45) is 0 Å². The number of isothiocyanates is 2. The van der Waals surface area contributed by atoms with Crippen molar-refractivity contribution in [2.45, 2.75) is 41.0 Å². The minimum Gasteiger partial charge on any atom is -2.00 e. The van der Waals surface area contributed by atoms with Gasteiger partial charge in [0.1, 0.15) is 0 Å². The van der Waals surface area contributed by atoms with Crippen LogP contribution in [0.4, 0.5) is 0 Å². The summed E-state index contributed by atoms with van der Waals surface area (Å²) in [6.07, 6.45) is 0. The third-order valence-corrected chi connectivity index (χ3v) is 2.73. The van der Waals surface area contributed by atoms with Crippen molar-refractivity contribution in [3.8, 4) is 0 Å². The van der Waals surface area contributed by atoms with Crippen molar-refractivity contribution in [3.05, 3.63) is 45.7 Å². The van der Waals surface area contributed by atoms with E-state index in [9.17, 15) is 0 Å². The van der Waals surface area contributed by atoms with E-state index in [-0.39, 0.29) is 24.0 Å². The summed E-state index contributed by atoms with van der Waals surface area (Å²) in [5.41, 5.74) is 4.44. The number of aromatic nitrogens is 4. The maximum absolute atomic E-state index is 7.13. The first kappa shape index (κ1) is 28.3. The molecule has 0 aromatic carbocycles. The second-order valence-electron chi connectivity index (χ2n) is 4.60. The zero-order valence-electron chi connectivity index (χ0n) is 14.4. The Morgan fingerprint density at radius 2 is 1.20 bits per heavy atom. The zero-order chi connectivity index (χ0) is 17.8. The van der Waals surface area contributed by atoms with Crippen LogP contribution in [0.15, 0.2) is 12.1 Å². The maximum Gasteiger partial charge on any atom is 4.00 e. The van der Waals surface area contributed by atoms with Crippen LogP contribution in [0, 0.1) is 27.7 Å². The van der Waals surface area contributed by atoms with Crippen LogP contribution >= 0.6 is 24.4 Å². The van der Waals surface area contributed by atoms with Gasteiger partial charge in [0.2, 0.25) is 0 Å². The van der Waals surface area contributed by atoms with Crippen molar-refractivity contribution in [1.29, 1.82) is 0 Å². The molecule has 11 heteroatoms. The second kappa shape index (κ2) is 16.0. The Bertz CT molecular complexity index is 629. The van der Waals surface area contributed by atoms with Gasteiger partial charge in [-0.1, -0.05) is 24.4 Å². The normalized spacial score (nSPS) is 8.16. The summed E-state index contributed by atoms with van der Waals surface area (Å²) in [7, 11) is 0. The van der Waals surface area contributed by atoms with Crippen LogP contribution in [0.5, 0.6) is 0 Å². The molecule has 0 bridgehead atoms. The average Bonchev–Trinajstić information content (AvgIpc) is 2.94. The summed E-state index contributed by atoms with van der Waals surface area (Å²) < 4.78 is 3.92. The Morgan fingerprint density at radius 1 is 0.920 bits per heavy atom. The van der Waals surface area contributed by atoms with Gasteiger partial charge in [0.25, 0.3) is 0 Å². The number of aryl methyl sites for hydroxylation is 4. The molecule has 0 atom stereocenters. The van der Waals surface area contributed by atoms with Gasteiger partial charge >= 0.3 is 18.6 Å². The molecule has 0 amide bonds. The second-order valence-corrected chi connectivity index (χ2v) is 4.97. The Morgan fingerprint density at radius 3 is 1.40 bits per heavy atom. The molecule has 0 aliphatic heterocycles. The number of nitrogens with zero attached hydrogens (tertiary/aromatic N) is 6. The summed E-state index contributed by atoms with van der Waals surface area (Å²) in [5.74, 6) is 0. The average molecular weight is 416 g/mol. The van der Waals surface area contributed by atoms with E-state index in [1.807, 2.05) is 23.2 Å².